The second-order valence-electron chi connectivity index (χ2n) is 5.33. The summed E-state index contributed by atoms with van der Waals surface area (Å²) in [5.41, 5.74) is 0.709. The van der Waals surface area contributed by atoms with Gasteiger partial charge in [0.2, 0.25) is 5.91 Å². The highest BCUT2D eigenvalue weighted by atomic mass is 19.4. The maximum absolute atomic E-state index is 12.5. The first-order chi connectivity index (χ1) is 11.7. The van der Waals surface area contributed by atoms with E-state index in [1.807, 2.05) is 5.32 Å². The molecule has 0 radical (unpaired) electrons. The Bertz CT molecular complexity index is 576. The third-order valence-electron chi connectivity index (χ3n) is 3.57. The fourth-order valence-electron chi connectivity index (χ4n) is 2.10. The van der Waals surface area contributed by atoms with Crippen LogP contribution in [0.2, 0.25) is 0 Å². The van der Waals surface area contributed by atoms with Gasteiger partial charge in [-0.25, -0.2) is 5.06 Å². The second kappa shape index (κ2) is 9.26. The topological polar surface area (TPSA) is 67.9 Å². The molecule has 1 aromatic carbocycles. The number of alkyl halides is 3. The van der Waals surface area contributed by atoms with Crippen LogP contribution in [0.15, 0.2) is 24.3 Å². The Labute approximate surface area is 143 Å². The van der Waals surface area contributed by atoms with Crippen molar-refractivity contribution in [2.24, 2.45) is 0 Å². The van der Waals surface area contributed by atoms with E-state index in [-0.39, 0.29) is 19.3 Å². The Morgan fingerprint density at radius 2 is 1.80 bits per heavy atom. The van der Waals surface area contributed by atoms with Crippen molar-refractivity contribution in [3.05, 3.63) is 29.8 Å². The number of hydrogen-bond acceptors (Lipinski definition) is 4. The molecule has 0 heterocycles. The average molecular weight is 362 g/mol. The molecule has 0 fully saturated rings. The smallest absolute Gasteiger partial charge is 0.471 e. The Kier molecular flexibility index (Phi) is 7.69. The SMILES string of the molecule is COc1ccc(C[C@H](CCC(=O)N(C)OC)NC(=O)C(F)(F)F)cc1. The van der Waals surface area contributed by atoms with Gasteiger partial charge < -0.3 is 10.1 Å². The molecule has 0 saturated heterocycles. The first-order valence-electron chi connectivity index (χ1n) is 7.48. The van der Waals surface area contributed by atoms with Gasteiger partial charge in [-0.15, -0.1) is 0 Å². The van der Waals surface area contributed by atoms with Crippen LogP contribution in [-0.4, -0.2) is 50.4 Å². The molecule has 0 aliphatic heterocycles. The number of rotatable bonds is 8. The van der Waals surface area contributed by atoms with Crippen LogP contribution in [0.25, 0.3) is 0 Å². The molecule has 2 amide bonds. The minimum Gasteiger partial charge on any atom is -0.497 e. The molecule has 0 saturated carbocycles. The summed E-state index contributed by atoms with van der Waals surface area (Å²) in [5, 5.41) is 2.92. The van der Waals surface area contributed by atoms with Gasteiger partial charge in [-0.05, 0) is 30.5 Å². The maximum Gasteiger partial charge on any atom is 0.471 e. The molecule has 140 valence electrons. The van der Waals surface area contributed by atoms with Gasteiger partial charge in [0.15, 0.2) is 0 Å². The zero-order chi connectivity index (χ0) is 19.0. The molecular weight excluding hydrogens is 341 g/mol. The van der Waals surface area contributed by atoms with Gasteiger partial charge in [0, 0.05) is 19.5 Å². The van der Waals surface area contributed by atoms with E-state index in [0.29, 0.717) is 11.3 Å². The highest BCUT2D eigenvalue weighted by Crippen LogP contribution is 2.18. The van der Waals surface area contributed by atoms with Crippen molar-refractivity contribution in [3.8, 4) is 5.75 Å². The molecule has 1 rings (SSSR count). The van der Waals surface area contributed by atoms with E-state index < -0.39 is 24.0 Å². The predicted octanol–water partition coefficient (Wildman–Crippen LogP) is 2.08. The van der Waals surface area contributed by atoms with Gasteiger partial charge in [-0.2, -0.15) is 13.2 Å². The molecule has 1 N–H and O–H groups in total. The number of halogens is 3. The van der Waals surface area contributed by atoms with E-state index >= 15 is 0 Å². The number of amides is 2. The first kappa shape index (κ1) is 20.8. The summed E-state index contributed by atoms with van der Waals surface area (Å²) in [6, 6.07) is 5.87. The predicted molar refractivity (Wildman–Crippen MR) is 83.7 cm³/mol. The van der Waals surface area contributed by atoms with Crippen molar-refractivity contribution < 1.29 is 32.3 Å². The molecule has 0 unspecified atom stereocenters. The number of ether oxygens (including phenoxy) is 1. The molecule has 0 bridgehead atoms. The van der Waals surface area contributed by atoms with Crippen molar-refractivity contribution in [2.45, 2.75) is 31.5 Å². The van der Waals surface area contributed by atoms with Crippen LogP contribution >= 0.6 is 0 Å². The lowest BCUT2D eigenvalue weighted by Crippen LogP contribution is -2.44. The molecule has 25 heavy (non-hydrogen) atoms. The Morgan fingerprint density at radius 3 is 2.28 bits per heavy atom. The fourth-order valence-corrected chi connectivity index (χ4v) is 2.10. The van der Waals surface area contributed by atoms with Gasteiger partial charge in [-0.1, -0.05) is 12.1 Å². The number of hydrogen-bond donors (Lipinski definition) is 1. The summed E-state index contributed by atoms with van der Waals surface area (Å²) in [4.78, 5) is 27.7. The lowest BCUT2D eigenvalue weighted by atomic mass is 10.0. The highest BCUT2D eigenvalue weighted by molar-refractivity contribution is 5.82. The molecular formula is C16H21F3N2O4. The Morgan fingerprint density at radius 1 is 1.20 bits per heavy atom. The Balaban J connectivity index is 2.78. The first-order valence-corrected chi connectivity index (χ1v) is 7.48. The molecule has 0 aliphatic carbocycles. The summed E-state index contributed by atoms with van der Waals surface area (Å²) in [6.07, 6.45) is -4.86. The van der Waals surface area contributed by atoms with Crippen molar-refractivity contribution in [1.29, 1.82) is 0 Å². The van der Waals surface area contributed by atoms with Crippen LogP contribution in [0.4, 0.5) is 13.2 Å². The summed E-state index contributed by atoms with van der Waals surface area (Å²) in [7, 11) is 4.20. The monoisotopic (exact) mass is 362 g/mol. The number of nitrogens with one attached hydrogen (secondary N) is 1. The highest BCUT2D eigenvalue weighted by Gasteiger charge is 2.39. The number of hydroxylamine groups is 2. The van der Waals surface area contributed by atoms with E-state index in [2.05, 4.69) is 0 Å². The van der Waals surface area contributed by atoms with Crippen LogP contribution in [0.1, 0.15) is 18.4 Å². The fraction of sp³-hybridized carbons (Fsp3) is 0.500. The minimum atomic E-state index is -4.98. The second-order valence-corrected chi connectivity index (χ2v) is 5.33. The summed E-state index contributed by atoms with van der Waals surface area (Å²) in [5.74, 6) is -1.82. The van der Waals surface area contributed by atoms with Crippen LogP contribution in [0, 0.1) is 0 Å². The molecule has 6 nitrogen and oxygen atoms in total. The van der Waals surface area contributed by atoms with Crippen molar-refractivity contribution in [3.63, 3.8) is 0 Å². The third-order valence-corrected chi connectivity index (χ3v) is 3.57. The van der Waals surface area contributed by atoms with E-state index in [9.17, 15) is 22.8 Å². The van der Waals surface area contributed by atoms with Crippen LogP contribution in [-0.2, 0) is 20.8 Å². The summed E-state index contributed by atoms with van der Waals surface area (Å²) < 4.78 is 42.5. The number of carbonyl (C=O) groups excluding carboxylic acids is 2. The quantitative estimate of drug-likeness (QED) is 0.719. The summed E-state index contributed by atoms with van der Waals surface area (Å²) in [6.45, 7) is 0. The number of carbonyl (C=O) groups is 2. The van der Waals surface area contributed by atoms with E-state index in [1.54, 1.807) is 24.3 Å². The van der Waals surface area contributed by atoms with Gasteiger partial charge >= 0.3 is 12.1 Å². The molecule has 0 aliphatic rings. The lowest BCUT2D eigenvalue weighted by Gasteiger charge is -2.21. The molecule has 9 heteroatoms. The van der Waals surface area contributed by atoms with Crippen molar-refractivity contribution >= 4 is 11.8 Å². The average Bonchev–Trinajstić information content (AvgIpc) is 2.58. The van der Waals surface area contributed by atoms with Crippen LogP contribution < -0.4 is 10.1 Å². The number of benzene rings is 1. The zero-order valence-corrected chi connectivity index (χ0v) is 14.2. The molecule has 1 atom stereocenters. The molecule has 0 spiro atoms. The minimum absolute atomic E-state index is 0.0420. The van der Waals surface area contributed by atoms with E-state index in [0.717, 1.165) is 5.06 Å². The van der Waals surface area contributed by atoms with E-state index in [4.69, 9.17) is 9.57 Å². The largest absolute Gasteiger partial charge is 0.497 e. The Hall–Kier alpha value is -2.29. The third kappa shape index (κ3) is 7.00. The van der Waals surface area contributed by atoms with Gasteiger partial charge in [0.25, 0.3) is 0 Å². The van der Waals surface area contributed by atoms with Gasteiger partial charge in [0.05, 0.1) is 14.2 Å². The molecule has 0 aromatic heterocycles. The van der Waals surface area contributed by atoms with Gasteiger partial charge in [0.1, 0.15) is 5.75 Å². The van der Waals surface area contributed by atoms with Crippen LogP contribution in [0.3, 0.4) is 0 Å². The van der Waals surface area contributed by atoms with Crippen molar-refractivity contribution in [1.82, 2.24) is 10.4 Å². The van der Waals surface area contributed by atoms with Gasteiger partial charge in [-0.3, -0.25) is 14.4 Å². The van der Waals surface area contributed by atoms with Crippen molar-refractivity contribution in [2.75, 3.05) is 21.3 Å². The summed E-state index contributed by atoms with van der Waals surface area (Å²) >= 11 is 0. The number of methoxy groups -OCH3 is 1. The maximum atomic E-state index is 12.5. The lowest BCUT2D eigenvalue weighted by molar-refractivity contribution is -0.174. The standard InChI is InChI=1S/C16H21F3N2O4/c1-21(25-3)14(22)9-6-12(20-15(23)16(17,18)19)10-11-4-7-13(24-2)8-5-11/h4-5,7-8,12H,6,9-10H2,1-3H3,(H,20,23)/t12-/m0/s1. The van der Waals surface area contributed by atoms with Crippen LogP contribution in [0.5, 0.6) is 5.75 Å². The number of nitrogens with zero attached hydrogens (tertiary/aromatic N) is 1. The normalized spacial score (nSPS) is 12.4. The zero-order valence-electron chi connectivity index (χ0n) is 14.2. The molecule has 1 aromatic rings. The van der Waals surface area contributed by atoms with E-state index in [1.165, 1.54) is 21.3 Å².